The lowest BCUT2D eigenvalue weighted by Gasteiger charge is -2.02. The van der Waals surface area contributed by atoms with Crippen molar-refractivity contribution in [3.63, 3.8) is 0 Å². The second-order valence-electron chi connectivity index (χ2n) is 4.67. The van der Waals surface area contributed by atoms with Gasteiger partial charge in [0.05, 0.1) is 12.2 Å². The number of halogens is 1. The van der Waals surface area contributed by atoms with Crippen molar-refractivity contribution in [1.82, 2.24) is 24.5 Å². The minimum atomic E-state index is -1.03. The zero-order valence-electron chi connectivity index (χ0n) is 10.3. The van der Waals surface area contributed by atoms with E-state index >= 15 is 0 Å². The number of aromatic nitrogens is 5. The molecular formula is C12H14FN5. The second-order valence-corrected chi connectivity index (χ2v) is 4.67. The Labute approximate surface area is 104 Å². The first-order chi connectivity index (χ1) is 8.56. The van der Waals surface area contributed by atoms with Crippen molar-refractivity contribution >= 4 is 5.57 Å². The number of rotatable bonds is 2. The summed E-state index contributed by atoms with van der Waals surface area (Å²) < 4.78 is 17.0. The molecule has 1 aliphatic rings. The minimum absolute atomic E-state index is 0.0537. The van der Waals surface area contributed by atoms with E-state index in [1.54, 1.807) is 15.6 Å². The van der Waals surface area contributed by atoms with Crippen molar-refractivity contribution in [2.24, 2.45) is 7.05 Å². The summed E-state index contributed by atoms with van der Waals surface area (Å²) in [6, 6.07) is 0.0537. The summed E-state index contributed by atoms with van der Waals surface area (Å²) in [5, 5.41) is 8.41. The van der Waals surface area contributed by atoms with Crippen LogP contribution in [0.5, 0.6) is 0 Å². The van der Waals surface area contributed by atoms with E-state index in [-0.39, 0.29) is 6.04 Å². The highest BCUT2D eigenvalue weighted by Gasteiger charge is 2.32. The van der Waals surface area contributed by atoms with Crippen LogP contribution in [0.4, 0.5) is 4.39 Å². The fraction of sp³-hybridized carbons (Fsp3) is 0.417. The smallest absolute Gasteiger partial charge is 0.181 e. The molecule has 2 unspecified atom stereocenters. The predicted molar refractivity (Wildman–Crippen MR) is 64.5 cm³/mol. The van der Waals surface area contributed by atoms with Gasteiger partial charge in [0, 0.05) is 30.8 Å². The lowest BCUT2D eigenvalue weighted by molar-refractivity contribution is 0.324. The van der Waals surface area contributed by atoms with Crippen LogP contribution >= 0.6 is 0 Å². The second kappa shape index (κ2) is 3.76. The Morgan fingerprint density at radius 3 is 2.94 bits per heavy atom. The molecule has 3 rings (SSSR count). The Bertz CT molecular complexity index is 586. The maximum atomic E-state index is 13.7. The zero-order valence-corrected chi connectivity index (χ0v) is 10.3. The molecule has 0 spiro atoms. The van der Waals surface area contributed by atoms with Crippen molar-refractivity contribution in [3.05, 3.63) is 36.2 Å². The molecule has 0 saturated carbocycles. The van der Waals surface area contributed by atoms with Gasteiger partial charge in [-0.3, -0.25) is 4.68 Å². The van der Waals surface area contributed by atoms with E-state index in [9.17, 15) is 4.39 Å². The molecule has 0 amide bonds. The monoisotopic (exact) mass is 247 g/mol. The van der Waals surface area contributed by atoms with Crippen LogP contribution in [0.15, 0.2) is 19.0 Å². The molecule has 5 nitrogen and oxygen atoms in total. The molecule has 0 radical (unpaired) electrons. The predicted octanol–water partition coefficient (Wildman–Crippen LogP) is 2.05. The summed E-state index contributed by atoms with van der Waals surface area (Å²) in [5.41, 5.74) is 1.52. The number of hydrogen-bond acceptors (Lipinski definition) is 3. The first-order valence-corrected chi connectivity index (χ1v) is 5.85. The zero-order chi connectivity index (χ0) is 12.9. The third-order valence-corrected chi connectivity index (χ3v) is 3.23. The third-order valence-electron chi connectivity index (χ3n) is 3.23. The summed E-state index contributed by atoms with van der Waals surface area (Å²) in [6.07, 6.45) is 2.97. The van der Waals surface area contributed by atoms with Gasteiger partial charge < -0.3 is 0 Å². The molecule has 3 heterocycles. The number of nitrogens with zero attached hydrogens (tertiary/aromatic N) is 5. The molecule has 2 atom stereocenters. The summed E-state index contributed by atoms with van der Waals surface area (Å²) in [6.45, 7) is 5.90. The van der Waals surface area contributed by atoms with Crippen LogP contribution in [0.1, 0.15) is 42.8 Å². The van der Waals surface area contributed by atoms with E-state index in [1.807, 2.05) is 20.2 Å². The number of alkyl halides is 1. The summed E-state index contributed by atoms with van der Waals surface area (Å²) in [5.74, 6) is 0.884. The van der Waals surface area contributed by atoms with Gasteiger partial charge in [0.1, 0.15) is 0 Å². The molecule has 0 bridgehead atoms. The molecule has 0 N–H and O–H groups in total. The average Bonchev–Trinajstić information content (AvgIpc) is 2.98. The third kappa shape index (κ3) is 1.56. The van der Waals surface area contributed by atoms with Crippen LogP contribution in [0.2, 0.25) is 0 Å². The molecule has 1 aliphatic heterocycles. The van der Waals surface area contributed by atoms with E-state index in [2.05, 4.69) is 21.8 Å². The lowest BCUT2D eigenvalue weighted by Crippen LogP contribution is -2.01. The Morgan fingerprint density at radius 1 is 1.56 bits per heavy atom. The van der Waals surface area contributed by atoms with Gasteiger partial charge >= 0.3 is 0 Å². The van der Waals surface area contributed by atoms with Crippen LogP contribution in [0.25, 0.3) is 5.57 Å². The quantitative estimate of drug-likeness (QED) is 0.816. The van der Waals surface area contributed by atoms with E-state index in [0.717, 1.165) is 5.56 Å². The largest absolute Gasteiger partial charge is 0.275 e. The Hall–Kier alpha value is -1.98. The number of hydrogen-bond donors (Lipinski definition) is 0. The van der Waals surface area contributed by atoms with Crippen LogP contribution in [0, 0.1) is 0 Å². The van der Waals surface area contributed by atoms with Gasteiger partial charge in [0.2, 0.25) is 0 Å². The van der Waals surface area contributed by atoms with Gasteiger partial charge in [-0.25, -0.2) is 14.1 Å². The molecule has 94 valence electrons. The Balaban J connectivity index is 1.97. The van der Waals surface area contributed by atoms with Crippen LogP contribution in [0.3, 0.4) is 0 Å². The van der Waals surface area contributed by atoms with Gasteiger partial charge in [0.15, 0.2) is 17.8 Å². The van der Waals surface area contributed by atoms with E-state index in [1.165, 1.54) is 0 Å². The van der Waals surface area contributed by atoms with Gasteiger partial charge in [-0.1, -0.05) is 6.58 Å². The van der Waals surface area contributed by atoms with Gasteiger partial charge in [-0.05, 0) is 6.92 Å². The van der Waals surface area contributed by atoms with E-state index in [0.29, 0.717) is 23.6 Å². The van der Waals surface area contributed by atoms with Crippen molar-refractivity contribution in [2.45, 2.75) is 25.6 Å². The van der Waals surface area contributed by atoms with Crippen LogP contribution in [-0.4, -0.2) is 24.5 Å². The van der Waals surface area contributed by atoms with Crippen molar-refractivity contribution in [3.8, 4) is 0 Å². The summed E-state index contributed by atoms with van der Waals surface area (Å²) in [4.78, 5) is 4.25. The topological polar surface area (TPSA) is 48.5 Å². The highest BCUT2D eigenvalue weighted by Crippen LogP contribution is 2.35. The van der Waals surface area contributed by atoms with Crippen molar-refractivity contribution in [1.29, 1.82) is 0 Å². The Morgan fingerprint density at radius 2 is 2.33 bits per heavy atom. The first kappa shape index (κ1) is 11.1. The normalized spacial score (nSPS) is 22.2. The van der Waals surface area contributed by atoms with Gasteiger partial charge in [-0.15, -0.1) is 0 Å². The highest BCUT2D eigenvalue weighted by atomic mass is 19.1. The number of fused-ring (bicyclic) bond motifs is 1. The van der Waals surface area contributed by atoms with E-state index in [4.69, 9.17) is 0 Å². The standard InChI is InChI=1S/C12H14FN5/c1-7-4-10(13)12-15-11(16-18(7)12)8(2)9-5-14-17(3)6-9/h5-7,10H,2,4H2,1,3H3. The van der Waals surface area contributed by atoms with Gasteiger partial charge in [0.25, 0.3) is 0 Å². The molecule has 2 aromatic rings. The van der Waals surface area contributed by atoms with E-state index < -0.39 is 6.17 Å². The van der Waals surface area contributed by atoms with Crippen molar-refractivity contribution in [2.75, 3.05) is 0 Å². The Kier molecular flexibility index (Phi) is 2.33. The fourth-order valence-electron chi connectivity index (χ4n) is 2.21. The SMILES string of the molecule is C=C(c1cnn(C)c1)c1nc2n(n1)C(C)CC2F. The molecule has 2 aromatic heterocycles. The number of aryl methyl sites for hydroxylation is 1. The molecular weight excluding hydrogens is 233 g/mol. The molecule has 0 fully saturated rings. The first-order valence-electron chi connectivity index (χ1n) is 5.85. The highest BCUT2D eigenvalue weighted by molar-refractivity contribution is 5.73. The van der Waals surface area contributed by atoms with Crippen LogP contribution < -0.4 is 0 Å². The molecule has 0 saturated heterocycles. The van der Waals surface area contributed by atoms with Crippen LogP contribution in [-0.2, 0) is 7.05 Å². The molecule has 6 heteroatoms. The summed E-state index contributed by atoms with van der Waals surface area (Å²) in [7, 11) is 1.83. The van der Waals surface area contributed by atoms with Gasteiger partial charge in [-0.2, -0.15) is 10.2 Å². The molecule has 0 aliphatic carbocycles. The summed E-state index contributed by atoms with van der Waals surface area (Å²) >= 11 is 0. The average molecular weight is 247 g/mol. The molecule has 18 heavy (non-hydrogen) atoms. The molecule has 0 aromatic carbocycles. The maximum absolute atomic E-state index is 13.7. The lowest BCUT2D eigenvalue weighted by atomic mass is 10.1. The maximum Gasteiger partial charge on any atom is 0.181 e. The minimum Gasteiger partial charge on any atom is -0.275 e. The van der Waals surface area contributed by atoms with Crippen molar-refractivity contribution < 1.29 is 4.39 Å². The fourth-order valence-corrected chi connectivity index (χ4v) is 2.21.